The number of hydrazine groups is 1. The largest absolute Gasteiger partial charge is 0.370 e. The minimum Gasteiger partial charge on any atom is -0.370 e. The third-order valence-electron chi connectivity index (χ3n) is 6.19. The molecule has 0 aliphatic carbocycles. The molecular formula is C20H23F6N7O. The van der Waals surface area contributed by atoms with Crippen molar-refractivity contribution in [3.63, 3.8) is 0 Å². The quantitative estimate of drug-likeness (QED) is 0.144. The number of aromatic nitrogens is 2. The normalized spacial score (nSPS) is 23.1. The highest BCUT2D eigenvalue weighted by Crippen LogP contribution is 2.36. The topological polar surface area (TPSA) is 95.4 Å². The molecule has 4 rings (SSSR count). The molecule has 34 heavy (non-hydrogen) atoms. The summed E-state index contributed by atoms with van der Waals surface area (Å²) in [5, 5.41) is 10.6. The average Bonchev–Trinajstić information content (AvgIpc) is 3.37. The lowest BCUT2D eigenvalue weighted by molar-refractivity contribution is -0.0607. The summed E-state index contributed by atoms with van der Waals surface area (Å²) < 4.78 is 87.5. The fourth-order valence-corrected chi connectivity index (χ4v) is 4.47. The van der Waals surface area contributed by atoms with Crippen molar-refractivity contribution in [3.05, 3.63) is 52.6 Å². The van der Waals surface area contributed by atoms with E-state index in [1.807, 2.05) is 4.90 Å². The minimum atomic E-state index is -3.25. The lowest BCUT2D eigenvalue weighted by Gasteiger charge is -2.40. The predicted octanol–water partition coefficient (Wildman–Crippen LogP) is 2.71. The number of fused-ring (bicyclic) bond motifs is 1. The molecule has 0 amide bonds. The fourth-order valence-electron chi connectivity index (χ4n) is 4.47. The molecule has 0 saturated carbocycles. The molecule has 4 N–H and O–H groups in total. The predicted molar refractivity (Wildman–Crippen MR) is 108 cm³/mol. The van der Waals surface area contributed by atoms with Crippen molar-refractivity contribution < 1.29 is 31.1 Å². The zero-order valence-electron chi connectivity index (χ0n) is 18.0. The number of hydrogen-bond donors (Lipinski definition) is 3. The van der Waals surface area contributed by atoms with Gasteiger partial charge in [-0.05, 0) is 31.7 Å². The van der Waals surface area contributed by atoms with Crippen LogP contribution in [0, 0.1) is 17.0 Å². The fraction of sp³-hybridized carbons (Fsp3) is 0.500. The van der Waals surface area contributed by atoms with Gasteiger partial charge in [0.15, 0.2) is 11.7 Å². The number of benzene rings is 1. The van der Waals surface area contributed by atoms with Gasteiger partial charge in [-0.3, -0.25) is 14.9 Å². The van der Waals surface area contributed by atoms with E-state index in [-0.39, 0.29) is 53.7 Å². The van der Waals surface area contributed by atoms with E-state index in [9.17, 15) is 26.3 Å². The molecule has 1 fully saturated rings. The van der Waals surface area contributed by atoms with Crippen LogP contribution in [-0.2, 0) is 17.8 Å². The summed E-state index contributed by atoms with van der Waals surface area (Å²) in [5.74, 6) is 2.26. The summed E-state index contributed by atoms with van der Waals surface area (Å²) in [7, 11) is 1.66. The van der Waals surface area contributed by atoms with E-state index in [1.54, 1.807) is 7.05 Å². The third-order valence-corrected chi connectivity index (χ3v) is 6.19. The van der Waals surface area contributed by atoms with Gasteiger partial charge in [-0.15, -0.1) is 0 Å². The van der Waals surface area contributed by atoms with Gasteiger partial charge in [-0.2, -0.15) is 17.6 Å². The Bertz CT molecular complexity index is 1060. The number of likely N-dealkylation sites (N-methyl/N-ethyl adjacent to an activating group) is 1. The number of nitrogens with one attached hydrogen (secondary N) is 2. The number of halogens is 6. The van der Waals surface area contributed by atoms with Crippen molar-refractivity contribution in [2.45, 2.75) is 50.8 Å². The smallest absolute Gasteiger partial charge is 0.329 e. The maximum Gasteiger partial charge on any atom is 0.329 e. The molecule has 2 aliphatic heterocycles. The number of alkyl halides is 4. The van der Waals surface area contributed by atoms with Crippen molar-refractivity contribution in [3.8, 4) is 0 Å². The first-order valence-corrected chi connectivity index (χ1v) is 10.4. The van der Waals surface area contributed by atoms with E-state index in [2.05, 4.69) is 10.3 Å². The average molecular weight is 491 g/mol. The van der Waals surface area contributed by atoms with E-state index in [0.717, 1.165) is 18.2 Å². The molecule has 2 aromatic rings. The van der Waals surface area contributed by atoms with Gasteiger partial charge in [-0.1, -0.05) is 0 Å². The summed E-state index contributed by atoms with van der Waals surface area (Å²) in [6, 6.07) is 2.48. The molecule has 1 saturated heterocycles. The second-order valence-corrected chi connectivity index (χ2v) is 8.12. The Morgan fingerprint density at radius 2 is 2.00 bits per heavy atom. The molecule has 0 bridgehead atoms. The first kappa shape index (κ1) is 24.4. The standard InChI is InChI=1S/C20H23F6N7O/c1-29-13-5-10(8-34-16(13)11-4-9(21)2-3-12(11)22)31-6-14-15(7-31)32(19(23)24)18(30-14)17(27)33(28)20(25)26/h2-4,10,13,16,19-20,27,29H,5-8,28H2,1H3/t10?,13?,16-/m1/s1. The highest BCUT2D eigenvalue weighted by atomic mass is 19.3. The molecule has 2 aliphatic rings. The zero-order chi connectivity index (χ0) is 24.7. The van der Waals surface area contributed by atoms with Crippen molar-refractivity contribution in [2.24, 2.45) is 5.84 Å². The van der Waals surface area contributed by atoms with E-state index >= 15 is 0 Å². The number of rotatable bonds is 6. The Labute approximate surface area is 190 Å². The van der Waals surface area contributed by atoms with Crippen molar-refractivity contribution in [1.82, 2.24) is 24.8 Å². The van der Waals surface area contributed by atoms with Crippen LogP contribution < -0.4 is 11.2 Å². The van der Waals surface area contributed by atoms with Gasteiger partial charge in [0.05, 0.1) is 18.0 Å². The maximum atomic E-state index is 14.3. The molecule has 1 aromatic heterocycles. The Morgan fingerprint density at radius 3 is 2.65 bits per heavy atom. The van der Waals surface area contributed by atoms with E-state index in [1.165, 1.54) is 0 Å². The second kappa shape index (κ2) is 9.52. The summed E-state index contributed by atoms with van der Waals surface area (Å²) >= 11 is 0. The SMILES string of the molecule is CNC1CC(N2Cc3nc(C(=N)N(N)C(F)F)n(C(F)F)c3C2)CO[C@@H]1c1cc(F)ccc1F. The lowest BCUT2D eigenvalue weighted by Crippen LogP contribution is -2.49. The van der Waals surface area contributed by atoms with Crippen molar-refractivity contribution in [2.75, 3.05) is 13.7 Å². The molecule has 14 heteroatoms. The minimum absolute atomic E-state index is 0.0165. The van der Waals surface area contributed by atoms with E-state index in [0.29, 0.717) is 11.0 Å². The van der Waals surface area contributed by atoms with Gasteiger partial charge in [0.1, 0.15) is 17.7 Å². The second-order valence-electron chi connectivity index (χ2n) is 8.12. The third kappa shape index (κ3) is 4.37. The van der Waals surface area contributed by atoms with Crippen LogP contribution in [0.3, 0.4) is 0 Å². The van der Waals surface area contributed by atoms with Crippen molar-refractivity contribution >= 4 is 5.84 Å². The number of nitrogens with two attached hydrogens (primary N) is 1. The van der Waals surface area contributed by atoms with Gasteiger partial charge in [0.25, 0.3) is 0 Å². The van der Waals surface area contributed by atoms with Crippen LogP contribution in [0.25, 0.3) is 0 Å². The Morgan fingerprint density at radius 1 is 1.26 bits per heavy atom. The van der Waals surface area contributed by atoms with Crippen LogP contribution in [0.5, 0.6) is 0 Å². The zero-order valence-corrected chi connectivity index (χ0v) is 18.0. The lowest BCUT2D eigenvalue weighted by atomic mass is 9.92. The van der Waals surface area contributed by atoms with Crippen LogP contribution in [0.1, 0.15) is 41.8 Å². The van der Waals surface area contributed by atoms with Crippen LogP contribution in [0.4, 0.5) is 26.3 Å². The molecule has 8 nitrogen and oxygen atoms in total. The number of imidazole rings is 1. The summed E-state index contributed by atoms with van der Waals surface area (Å²) in [6.07, 6.45) is -0.298. The molecule has 3 heterocycles. The molecule has 0 radical (unpaired) electrons. The number of ether oxygens (including phenoxy) is 1. The molecule has 3 atom stereocenters. The van der Waals surface area contributed by atoms with Gasteiger partial charge >= 0.3 is 13.1 Å². The monoisotopic (exact) mass is 491 g/mol. The van der Waals surface area contributed by atoms with Crippen LogP contribution in [-0.4, -0.2) is 57.6 Å². The van der Waals surface area contributed by atoms with Crippen LogP contribution >= 0.6 is 0 Å². The summed E-state index contributed by atoms with van der Waals surface area (Å²) in [5.41, 5.74) is 0.403. The molecule has 0 spiro atoms. The Kier molecular flexibility index (Phi) is 6.85. The first-order valence-electron chi connectivity index (χ1n) is 10.4. The van der Waals surface area contributed by atoms with E-state index < -0.39 is 42.5 Å². The molecule has 1 aromatic carbocycles. The Hall–Kier alpha value is -2.68. The van der Waals surface area contributed by atoms with Crippen molar-refractivity contribution in [1.29, 1.82) is 5.41 Å². The highest BCUT2D eigenvalue weighted by molar-refractivity contribution is 5.93. The molecule has 2 unspecified atom stereocenters. The van der Waals surface area contributed by atoms with Gasteiger partial charge in [-0.25, -0.2) is 24.6 Å². The first-order chi connectivity index (χ1) is 16.1. The van der Waals surface area contributed by atoms with Crippen LogP contribution in [0.15, 0.2) is 18.2 Å². The Balaban J connectivity index is 1.52. The number of nitrogens with zero attached hydrogens (tertiary/aromatic N) is 4. The number of hydrogen-bond acceptors (Lipinski definition) is 6. The number of amidine groups is 1. The van der Waals surface area contributed by atoms with Gasteiger partial charge in [0, 0.05) is 30.7 Å². The summed E-state index contributed by atoms with van der Waals surface area (Å²) in [4.78, 5) is 5.83. The van der Waals surface area contributed by atoms with Crippen LogP contribution in [0.2, 0.25) is 0 Å². The molecule has 186 valence electrons. The van der Waals surface area contributed by atoms with Gasteiger partial charge < -0.3 is 10.1 Å². The summed E-state index contributed by atoms with van der Waals surface area (Å²) in [6.45, 7) is -6.11. The maximum absolute atomic E-state index is 14.3. The highest BCUT2D eigenvalue weighted by Gasteiger charge is 2.40. The van der Waals surface area contributed by atoms with E-state index in [4.69, 9.17) is 16.0 Å². The molecular weight excluding hydrogens is 468 g/mol. The van der Waals surface area contributed by atoms with Gasteiger partial charge in [0.2, 0.25) is 0 Å².